The molecular formula is C20H22N2O5S2. The summed E-state index contributed by atoms with van der Waals surface area (Å²) in [5.41, 5.74) is 1.53. The van der Waals surface area contributed by atoms with Crippen LogP contribution in [0.15, 0.2) is 50.6 Å². The van der Waals surface area contributed by atoms with Gasteiger partial charge >= 0.3 is 0 Å². The SMILES string of the molecule is COc1ccc2c(CC(=O)N3CCC(NS(=O)(=O)c4cccs4)CC3)coc2c1. The molecule has 3 heterocycles. The first-order valence-corrected chi connectivity index (χ1v) is 11.7. The summed E-state index contributed by atoms with van der Waals surface area (Å²) in [4.78, 5) is 14.5. The number of hydrogen-bond acceptors (Lipinski definition) is 6. The van der Waals surface area contributed by atoms with Gasteiger partial charge in [0.1, 0.15) is 15.5 Å². The van der Waals surface area contributed by atoms with Gasteiger partial charge in [0.25, 0.3) is 0 Å². The Morgan fingerprint density at radius 1 is 1.31 bits per heavy atom. The summed E-state index contributed by atoms with van der Waals surface area (Å²) in [6.07, 6.45) is 3.06. The van der Waals surface area contributed by atoms with Gasteiger partial charge < -0.3 is 14.1 Å². The number of ether oxygens (including phenoxy) is 1. The number of nitrogens with zero attached hydrogens (tertiary/aromatic N) is 1. The Morgan fingerprint density at radius 3 is 2.79 bits per heavy atom. The molecule has 1 aromatic carbocycles. The highest BCUT2D eigenvalue weighted by Gasteiger charge is 2.27. The number of furan rings is 1. The summed E-state index contributed by atoms with van der Waals surface area (Å²) in [5, 5.41) is 2.64. The van der Waals surface area contributed by atoms with Gasteiger partial charge in [-0.15, -0.1) is 11.3 Å². The van der Waals surface area contributed by atoms with Gasteiger partial charge in [-0.1, -0.05) is 6.07 Å². The van der Waals surface area contributed by atoms with E-state index in [1.165, 1.54) is 11.3 Å². The molecule has 0 atom stereocenters. The molecule has 0 radical (unpaired) electrons. The second-order valence-electron chi connectivity index (χ2n) is 7.01. The maximum atomic E-state index is 12.7. The number of methoxy groups -OCH3 is 1. The second kappa shape index (κ2) is 8.17. The molecule has 0 aliphatic carbocycles. The lowest BCUT2D eigenvalue weighted by Gasteiger charge is -2.32. The molecule has 4 rings (SSSR count). The lowest BCUT2D eigenvalue weighted by Crippen LogP contribution is -2.46. The van der Waals surface area contributed by atoms with Crippen molar-refractivity contribution in [3.63, 3.8) is 0 Å². The second-order valence-corrected chi connectivity index (χ2v) is 9.90. The molecule has 9 heteroatoms. The lowest BCUT2D eigenvalue weighted by atomic mass is 10.0. The number of carbonyl (C=O) groups is 1. The van der Waals surface area contributed by atoms with E-state index < -0.39 is 10.0 Å². The summed E-state index contributed by atoms with van der Waals surface area (Å²) in [5.74, 6) is 0.722. The minimum atomic E-state index is -3.48. The number of amides is 1. The number of likely N-dealkylation sites (tertiary alicyclic amines) is 1. The number of piperidine rings is 1. The van der Waals surface area contributed by atoms with Crippen molar-refractivity contribution in [1.29, 1.82) is 0 Å². The molecule has 0 saturated carbocycles. The Balaban J connectivity index is 1.35. The summed E-state index contributed by atoms with van der Waals surface area (Å²) in [7, 11) is -1.89. The maximum absolute atomic E-state index is 12.7. The Hall–Kier alpha value is -2.36. The molecule has 1 amide bonds. The fourth-order valence-electron chi connectivity index (χ4n) is 3.54. The predicted molar refractivity (Wildman–Crippen MR) is 111 cm³/mol. The van der Waals surface area contributed by atoms with E-state index >= 15 is 0 Å². The van der Waals surface area contributed by atoms with Crippen molar-refractivity contribution >= 4 is 38.2 Å². The third-order valence-electron chi connectivity index (χ3n) is 5.13. The van der Waals surface area contributed by atoms with Crippen molar-refractivity contribution < 1.29 is 22.4 Å². The quantitative estimate of drug-likeness (QED) is 0.644. The molecule has 29 heavy (non-hydrogen) atoms. The van der Waals surface area contributed by atoms with Crippen LogP contribution in [-0.4, -0.2) is 45.5 Å². The fourth-order valence-corrected chi connectivity index (χ4v) is 5.86. The number of rotatable bonds is 6. The van der Waals surface area contributed by atoms with E-state index in [1.807, 2.05) is 12.1 Å². The van der Waals surface area contributed by atoms with Crippen molar-refractivity contribution in [1.82, 2.24) is 9.62 Å². The van der Waals surface area contributed by atoms with Gasteiger partial charge in [0.15, 0.2) is 0 Å². The van der Waals surface area contributed by atoms with Crippen LogP contribution >= 0.6 is 11.3 Å². The van der Waals surface area contributed by atoms with Gasteiger partial charge in [-0.2, -0.15) is 0 Å². The minimum Gasteiger partial charge on any atom is -0.497 e. The van der Waals surface area contributed by atoms with Gasteiger partial charge in [-0.3, -0.25) is 4.79 Å². The first-order valence-electron chi connectivity index (χ1n) is 9.34. The summed E-state index contributed by atoms with van der Waals surface area (Å²) < 4.78 is 38.5. The van der Waals surface area contributed by atoms with E-state index in [-0.39, 0.29) is 18.4 Å². The highest BCUT2D eigenvalue weighted by atomic mass is 32.2. The van der Waals surface area contributed by atoms with E-state index in [9.17, 15) is 13.2 Å². The number of thiophene rings is 1. The number of hydrogen-bond donors (Lipinski definition) is 1. The van der Waals surface area contributed by atoms with Crippen LogP contribution in [0.4, 0.5) is 0 Å². The summed E-state index contributed by atoms with van der Waals surface area (Å²) in [6.45, 7) is 1.06. The smallest absolute Gasteiger partial charge is 0.250 e. The summed E-state index contributed by atoms with van der Waals surface area (Å²) in [6, 6.07) is 8.69. The minimum absolute atomic E-state index is 0.0167. The van der Waals surface area contributed by atoms with Crippen molar-refractivity contribution in [2.75, 3.05) is 20.2 Å². The highest BCUT2D eigenvalue weighted by molar-refractivity contribution is 7.91. The molecule has 1 aliphatic rings. The zero-order chi connectivity index (χ0) is 20.4. The normalized spacial score (nSPS) is 15.7. The molecule has 3 aromatic rings. The van der Waals surface area contributed by atoms with Gasteiger partial charge in [0.05, 0.1) is 19.8 Å². The van der Waals surface area contributed by atoms with Crippen LogP contribution in [0.25, 0.3) is 11.0 Å². The molecule has 1 fully saturated rings. The van der Waals surface area contributed by atoms with E-state index in [0.717, 1.165) is 10.9 Å². The Morgan fingerprint density at radius 2 is 2.10 bits per heavy atom. The number of benzene rings is 1. The molecule has 1 aliphatic heterocycles. The average molecular weight is 435 g/mol. The zero-order valence-corrected chi connectivity index (χ0v) is 17.6. The largest absolute Gasteiger partial charge is 0.497 e. The average Bonchev–Trinajstić information content (AvgIpc) is 3.39. The Labute approximate surface area is 173 Å². The first kappa shape index (κ1) is 19.9. The van der Waals surface area contributed by atoms with E-state index in [0.29, 0.717) is 41.5 Å². The van der Waals surface area contributed by atoms with Crippen LogP contribution in [0.2, 0.25) is 0 Å². The number of carbonyl (C=O) groups excluding carboxylic acids is 1. The van der Waals surface area contributed by atoms with E-state index in [2.05, 4.69) is 4.72 Å². The van der Waals surface area contributed by atoms with Gasteiger partial charge in [-0.25, -0.2) is 13.1 Å². The Kier molecular flexibility index (Phi) is 5.62. The molecule has 0 bridgehead atoms. The maximum Gasteiger partial charge on any atom is 0.250 e. The third-order valence-corrected chi connectivity index (χ3v) is 8.05. The van der Waals surface area contributed by atoms with Crippen LogP contribution in [0.5, 0.6) is 5.75 Å². The van der Waals surface area contributed by atoms with Crippen LogP contribution in [-0.2, 0) is 21.2 Å². The zero-order valence-electron chi connectivity index (χ0n) is 16.0. The number of nitrogens with one attached hydrogen (secondary N) is 1. The molecule has 7 nitrogen and oxygen atoms in total. The lowest BCUT2D eigenvalue weighted by molar-refractivity contribution is -0.131. The van der Waals surface area contributed by atoms with Crippen LogP contribution < -0.4 is 9.46 Å². The van der Waals surface area contributed by atoms with Crippen LogP contribution in [0.1, 0.15) is 18.4 Å². The van der Waals surface area contributed by atoms with Crippen molar-refractivity contribution in [3.8, 4) is 5.75 Å². The Bertz CT molecular complexity index is 1100. The molecule has 1 saturated heterocycles. The third kappa shape index (κ3) is 4.31. The van der Waals surface area contributed by atoms with Gasteiger partial charge in [-0.05, 0) is 36.4 Å². The molecule has 154 valence electrons. The summed E-state index contributed by atoms with van der Waals surface area (Å²) >= 11 is 1.20. The fraction of sp³-hybridized carbons (Fsp3) is 0.350. The monoisotopic (exact) mass is 434 g/mol. The van der Waals surface area contributed by atoms with Gasteiger partial charge in [0, 0.05) is 36.1 Å². The molecule has 2 aromatic heterocycles. The topological polar surface area (TPSA) is 88.9 Å². The van der Waals surface area contributed by atoms with Crippen LogP contribution in [0.3, 0.4) is 0 Å². The van der Waals surface area contributed by atoms with Crippen molar-refractivity contribution in [2.24, 2.45) is 0 Å². The van der Waals surface area contributed by atoms with E-state index in [1.54, 1.807) is 41.9 Å². The number of sulfonamides is 1. The molecular weight excluding hydrogens is 412 g/mol. The molecule has 0 spiro atoms. The van der Waals surface area contributed by atoms with Crippen molar-refractivity contribution in [3.05, 3.63) is 47.5 Å². The highest BCUT2D eigenvalue weighted by Crippen LogP contribution is 2.26. The standard InChI is InChI=1S/C20H22N2O5S2/c1-26-16-4-5-17-14(13-27-18(17)12-16)11-19(23)22-8-6-15(7-9-22)21-29(24,25)20-3-2-10-28-20/h2-5,10,12-13,15,21H,6-9,11H2,1H3. The van der Waals surface area contributed by atoms with E-state index in [4.69, 9.17) is 9.15 Å². The van der Waals surface area contributed by atoms with Gasteiger partial charge in [0.2, 0.25) is 15.9 Å². The first-order chi connectivity index (χ1) is 14.0. The molecule has 1 N–H and O–H groups in total. The number of fused-ring (bicyclic) bond motifs is 1. The molecule has 0 unspecified atom stereocenters. The van der Waals surface area contributed by atoms with Crippen molar-refractivity contribution in [2.45, 2.75) is 29.5 Å². The van der Waals surface area contributed by atoms with Crippen LogP contribution in [0, 0.1) is 0 Å². The predicted octanol–water partition coefficient (Wildman–Crippen LogP) is 3.01.